The van der Waals surface area contributed by atoms with E-state index in [0.29, 0.717) is 21.7 Å². The van der Waals surface area contributed by atoms with Gasteiger partial charge in [-0.25, -0.2) is 4.98 Å². The monoisotopic (exact) mass is 315 g/mol. The molecule has 2 rings (SSSR count). The fourth-order valence-corrected chi connectivity index (χ4v) is 2.83. The number of halogens is 2. The second kappa shape index (κ2) is 6.37. The van der Waals surface area contributed by atoms with Crippen LogP contribution in [0.4, 0.5) is 0 Å². The van der Waals surface area contributed by atoms with Crippen LogP contribution in [0.1, 0.15) is 11.9 Å². The Labute approximate surface area is 125 Å². The predicted molar refractivity (Wildman–Crippen MR) is 77.9 cm³/mol. The van der Waals surface area contributed by atoms with Crippen molar-refractivity contribution in [2.75, 3.05) is 6.61 Å². The van der Waals surface area contributed by atoms with Gasteiger partial charge in [0.2, 0.25) is 0 Å². The van der Waals surface area contributed by atoms with Gasteiger partial charge in [-0.05, 0) is 25.1 Å². The van der Waals surface area contributed by atoms with Gasteiger partial charge >= 0.3 is 5.97 Å². The van der Waals surface area contributed by atoms with Gasteiger partial charge in [-0.1, -0.05) is 23.2 Å². The fourth-order valence-electron chi connectivity index (χ4n) is 1.55. The summed E-state index contributed by atoms with van der Waals surface area (Å²) in [7, 11) is 0. The quantitative estimate of drug-likeness (QED) is 0.793. The van der Waals surface area contributed by atoms with Gasteiger partial charge in [0.05, 0.1) is 23.7 Å². The molecule has 0 saturated carbocycles. The first-order valence-electron chi connectivity index (χ1n) is 5.65. The van der Waals surface area contributed by atoms with E-state index in [1.165, 1.54) is 11.3 Å². The Morgan fingerprint density at radius 1 is 1.42 bits per heavy atom. The number of benzene rings is 1. The molecule has 0 aliphatic rings. The summed E-state index contributed by atoms with van der Waals surface area (Å²) in [6, 6.07) is 5.24. The van der Waals surface area contributed by atoms with E-state index in [9.17, 15) is 4.79 Å². The van der Waals surface area contributed by atoms with Crippen molar-refractivity contribution < 1.29 is 9.53 Å². The summed E-state index contributed by atoms with van der Waals surface area (Å²) in [6.45, 7) is 2.15. The standard InChI is InChI=1S/C13H11Cl2NO2S/c1-2-18-13(17)6-12-16-11(7-19-12)9-4-3-8(14)5-10(9)15/h3-5,7H,2,6H2,1H3. The van der Waals surface area contributed by atoms with Crippen LogP contribution in [0.15, 0.2) is 23.6 Å². The Morgan fingerprint density at radius 2 is 2.21 bits per heavy atom. The van der Waals surface area contributed by atoms with Gasteiger partial charge in [0, 0.05) is 16.0 Å². The maximum absolute atomic E-state index is 11.4. The minimum atomic E-state index is -0.273. The lowest BCUT2D eigenvalue weighted by molar-refractivity contribution is -0.142. The third kappa shape index (κ3) is 3.69. The second-order valence-electron chi connectivity index (χ2n) is 3.73. The van der Waals surface area contributed by atoms with E-state index in [4.69, 9.17) is 27.9 Å². The first kappa shape index (κ1) is 14.3. The molecule has 19 heavy (non-hydrogen) atoms. The van der Waals surface area contributed by atoms with E-state index in [-0.39, 0.29) is 12.4 Å². The lowest BCUT2D eigenvalue weighted by Crippen LogP contribution is -2.07. The van der Waals surface area contributed by atoms with E-state index in [0.717, 1.165) is 11.3 Å². The van der Waals surface area contributed by atoms with Crippen molar-refractivity contribution >= 4 is 40.5 Å². The van der Waals surface area contributed by atoms with Crippen LogP contribution in [0.3, 0.4) is 0 Å². The van der Waals surface area contributed by atoms with E-state index >= 15 is 0 Å². The number of hydrogen-bond acceptors (Lipinski definition) is 4. The fraction of sp³-hybridized carbons (Fsp3) is 0.231. The average molecular weight is 316 g/mol. The minimum Gasteiger partial charge on any atom is -0.466 e. The van der Waals surface area contributed by atoms with Gasteiger partial charge in [0.15, 0.2) is 0 Å². The van der Waals surface area contributed by atoms with Gasteiger partial charge in [-0.3, -0.25) is 4.79 Å². The Balaban J connectivity index is 2.18. The Bertz CT molecular complexity index is 598. The van der Waals surface area contributed by atoms with Crippen LogP contribution in [-0.4, -0.2) is 17.6 Å². The van der Waals surface area contributed by atoms with Crippen molar-refractivity contribution in [1.29, 1.82) is 0 Å². The van der Waals surface area contributed by atoms with Crippen LogP contribution in [-0.2, 0) is 16.0 Å². The molecule has 0 aliphatic carbocycles. The summed E-state index contributed by atoms with van der Waals surface area (Å²) in [6.07, 6.45) is 0.184. The smallest absolute Gasteiger partial charge is 0.312 e. The SMILES string of the molecule is CCOC(=O)Cc1nc(-c2ccc(Cl)cc2Cl)cs1. The van der Waals surface area contributed by atoms with Crippen molar-refractivity contribution in [3.63, 3.8) is 0 Å². The number of nitrogens with zero attached hydrogens (tertiary/aromatic N) is 1. The maximum Gasteiger partial charge on any atom is 0.312 e. The second-order valence-corrected chi connectivity index (χ2v) is 5.52. The Hall–Kier alpha value is -1.10. The maximum atomic E-state index is 11.4. The zero-order valence-electron chi connectivity index (χ0n) is 10.2. The van der Waals surface area contributed by atoms with Crippen molar-refractivity contribution in [3.05, 3.63) is 38.6 Å². The molecule has 0 atom stereocenters. The molecule has 3 nitrogen and oxygen atoms in total. The summed E-state index contributed by atoms with van der Waals surface area (Å²) in [5, 5.41) is 3.69. The minimum absolute atomic E-state index is 0.184. The number of aromatic nitrogens is 1. The highest BCUT2D eigenvalue weighted by Gasteiger charge is 2.11. The third-order valence-electron chi connectivity index (χ3n) is 2.36. The number of carbonyl (C=O) groups excluding carboxylic acids is 1. The van der Waals surface area contributed by atoms with Gasteiger partial charge in [-0.15, -0.1) is 11.3 Å². The number of rotatable bonds is 4. The molecule has 0 spiro atoms. The number of ether oxygens (including phenoxy) is 1. The number of thiazole rings is 1. The Morgan fingerprint density at radius 3 is 2.89 bits per heavy atom. The first-order valence-corrected chi connectivity index (χ1v) is 7.29. The van der Waals surface area contributed by atoms with Crippen LogP contribution in [0.5, 0.6) is 0 Å². The highest BCUT2D eigenvalue weighted by molar-refractivity contribution is 7.10. The first-order chi connectivity index (χ1) is 9.10. The van der Waals surface area contributed by atoms with Gasteiger partial charge in [-0.2, -0.15) is 0 Å². The molecule has 0 N–H and O–H groups in total. The summed E-state index contributed by atoms with van der Waals surface area (Å²) < 4.78 is 4.88. The molecule has 0 saturated heterocycles. The molecule has 6 heteroatoms. The topological polar surface area (TPSA) is 39.2 Å². The molecular weight excluding hydrogens is 305 g/mol. The number of hydrogen-bond donors (Lipinski definition) is 0. The van der Waals surface area contributed by atoms with Crippen LogP contribution < -0.4 is 0 Å². The van der Waals surface area contributed by atoms with Crippen molar-refractivity contribution in [1.82, 2.24) is 4.98 Å². The molecule has 0 fully saturated rings. The van der Waals surface area contributed by atoms with Crippen molar-refractivity contribution in [2.45, 2.75) is 13.3 Å². The highest BCUT2D eigenvalue weighted by atomic mass is 35.5. The van der Waals surface area contributed by atoms with E-state index in [1.807, 2.05) is 11.4 Å². The predicted octanol–water partition coefficient (Wildman–Crippen LogP) is 4.22. The lowest BCUT2D eigenvalue weighted by Gasteiger charge is -2.01. The molecule has 1 heterocycles. The average Bonchev–Trinajstić information content (AvgIpc) is 2.77. The normalized spacial score (nSPS) is 10.5. The molecule has 0 amide bonds. The molecule has 1 aromatic carbocycles. The molecular formula is C13H11Cl2NO2S. The zero-order valence-corrected chi connectivity index (χ0v) is 12.5. The third-order valence-corrected chi connectivity index (χ3v) is 3.76. The zero-order chi connectivity index (χ0) is 13.8. The Kier molecular flexibility index (Phi) is 4.80. The number of esters is 1. The molecule has 1 aromatic heterocycles. The van der Waals surface area contributed by atoms with Gasteiger partial charge in [0.1, 0.15) is 5.01 Å². The van der Waals surface area contributed by atoms with Crippen LogP contribution >= 0.6 is 34.5 Å². The largest absolute Gasteiger partial charge is 0.466 e. The van der Waals surface area contributed by atoms with Crippen LogP contribution in [0.2, 0.25) is 10.0 Å². The van der Waals surface area contributed by atoms with Crippen molar-refractivity contribution in [2.24, 2.45) is 0 Å². The van der Waals surface area contributed by atoms with Crippen LogP contribution in [0, 0.1) is 0 Å². The van der Waals surface area contributed by atoms with E-state index in [1.54, 1.807) is 19.1 Å². The van der Waals surface area contributed by atoms with E-state index in [2.05, 4.69) is 4.98 Å². The summed E-state index contributed by atoms with van der Waals surface area (Å²) in [4.78, 5) is 15.8. The lowest BCUT2D eigenvalue weighted by atomic mass is 10.2. The summed E-state index contributed by atoms with van der Waals surface area (Å²) in [5.41, 5.74) is 1.54. The number of carbonyl (C=O) groups is 1. The molecule has 100 valence electrons. The van der Waals surface area contributed by atoms with Gasteiger partial charge in [0.25, 0.3) is 0 Å². The highest BCUT2D eigenvalue weighted by Crippen LogP contribution is 2.31. The molecule has 0 unspecified atom stereocenters. The molecule has 0 bridgehead atoms. The van der Waals surface area contributed by atoms with E-state index < -0.39 is 0 Å². The molecule has 0 radical (unpaired) electrons. The summed E-state index contributed by atoms with van der Waals surface area (Å²) in [5.74, 6) is -0.273. The van der Waals surface area contributed by atoms with Crippen molar-refractivity contribution in [3.8, 4) is 11.3 Å². The molecule has 0 aliphatic heterocycles. The van der Waals surface area contributed by atoms with Crippen LogP contribution in [0.25, 0.3) is 11.3 Å². The summed E-state index contributed by atoms with van der Waals surface area (Å²) >= 11 is 13.4. The molecule has 2 aromatic rings. The van der Waals surface area contributed by atoms with Gasteiger partial charge < -0.3 is 4.74 Å².